The van der Waals surface area contributed by atoms with Crippen LogP contribution in [0.5, 0.6) is 0 Å². The summed E-state index contributed by atoms with van der Waals surface area (Å²) in [4.78, 5) is 2.35. The molecule has 0 fully saturated rings. The molecule has 178 valence electrons. The number of benzene rings is 1. The zero-order valence-electron chi connectivity index (χ0n) is 21.1. The lowest BCUT2D eigenvalue weighted by molar-refractivity contribution is 0.275. The topological polar surface area (TPSA) is 39.1 Å². The minimum absolute atomic E-state index is 0.582. The Kier molecular flexibility index (Phi) is 10.6. The average Bonchev–Trinajstić information content (AvgIpc) is 2.82. The quantitative estimate of drug-likeness (QED) is 0.359. The number of alkyl halides is 1. The van der Waals surface area contributed by atoms with E-state index in [2.05, 4.69) is 67.9 Å². The van der Waals surface area contributed by atoms with Crippen molar-refractivity contribution in [3.05, 3.63) is 81.6 Å². The van der Waals surface area contributed by atoms with E-state index in [0.717, 1.165) is 67.7 Å². The summed E-state index contributed by atoms with van der Waals surface area (Å²) in [7, 11) is 1.89. The van der Waals surface area contributed by atoms with Crippen LogP contribution in [0.15, 0.2) is 70.5 Å². The summed E-state index contributed by atoms with van der Waals surface area (Å²) in [6, 6.07) is 10.9. The number of halogens is 1. The fraction of sp³-hybridized carbons (Fsp3) is 0.483. The van der Waals surface area contributed by atoms with Crippen LogP contribution < -0.4 is 5.32 Å². The van der Waals surface area contributed by atoms with Crippen molar-refractivity contribution in [3.8, 4) is 6.07 Å². The molecule has 0 saturated carbocycles. The van der Waals surface area contributed by atoms with Crippen LogP contribution in [-0.2, 0) is 6.42 Å². The van der Waals surface area contributed by atoms with E-state index < -0.39 is 6.17 Å². The number of nitrogens with zero attached hydrogens (tertiary/aromatic N) is 2. The maximum Gasteiger partial charge on any atom is 0.125 e. The van der Waals surface area contributed by atoms with E-state index in [-0.39, 0.29) is 0 Å². The van der Waals surface area contributed by atoms with E-state index >= 15 is 0 Å². The number of aryl methyl sites for hydroxylation is 1. The van der Waals surface area contributed by atoms with Gasteiger partial charge in [0.2, 0.25) is 0 Å². The highest BCUT2D eigenvalue weighted by Crippen LogP contribution is 2.33. The maximum absolute atomic E-state index is 13.3. The lowest BCUT2D eigenvalue weighted by atomic mass is 9.86. The first-order chi connectivity index (χ1) is 15.8. The second-order valence-corrected chi connectivity index (χ2v) is 9.12. The summed E-state index contributed by atoms with van der Waals surface area (Å²) in [5.41, 5.74) is 9.11. The third-order valence-corrected chi connectivity index (χ3v) is 6.59. The second kappa shape index (κ2) is 13.2. The number of nitrogens with one attached hydrogen (secondary N) is 1. The van der Waals surface area contributed by atoms with Gasteiger partial charge in [0, 0.05) is 38.8 Å². The smallest absolute Gasteiger partial charge is 0.125 e. The van der Waals surface area contributed by atoms with Gasteiger partial charge in [0.1, 0.15) is 12.2 Å². The van der Waals surface area contributed by atoms with E-state index in [1.165, 1.54) is 22.3 Å². The molecule has 0 amide bonds. The summed E-state index contributed by atoms with van der Waals surface area (Å²) in [6.45, 7) is 14.5. The lowest BCUT2D eigenvalue weighted by Crippen LogP contribution is -2.36. The lowest BCUT2D eigenvalue weighted by Gasteiger charge is -2.35. The zero-order valence-corrected chi connectivity index (χ0v) is 21.1. The van der Waals surface area contributed by atoms with Gasteiger partial charge < -0.3 is 5.32 Å². The van der Waals surface area contributed by atoms with Gasteiger partial charge in [-0.3, -0.25) is 4.90 Å². The minimum atomic E-state index is -0.735. The summed E-state index contributed by atoms with van der Waals surface area (Å²) in [6.07, 6.45) is 5.63. The molecule has 4 heteroatoms. The predicted octanol–water partition coefficient (Wildman–Crippen LogP) is 6.59. The van der Waals surface area contributed by atoms with Crippen molar-refractivity contribution in [2.75, 3.05) is 26.7 Å². The standard InChI is InChI=1S/C19H28FN3.C10H12/c1-5-6-19(22-4)16(10-21)17-12-23(8-7-13(17)2)11-15-9-18(20)14(15)3;1-3-4-10-7-5-9(2)6-8-10/h18,22H,5-9,11-12H2,1-4H3;3,5-8H,1,4H2,2H3/b19-16+;. The van der Waals surface area contributed by atoms with E-state index in [9.17, 15) is 9.65 Å². The molecule has 1 aromatic carbocycles. The van der Waals surface area contributed by atoms with Crippen molar-refractivity contribution in [3.63, 3.8) is 0 Å². The molecular weight excluding hydrogens is 409 g/mol. The maximum atomic E-state index is 13.3. The number of allylic oxidation sites excluding steroid dienone is 3. The van der Waals surface area contributed by atoms with Gasteiger partial charge in [-0.2, -0.15) is 5.26 Å². The molecule has 1 aliphatic heterocycles. The third-order valence-electron chi connectivity index (χ3n) is 6.59. The van der Waals surface area contributed by atoms with Gasteiger partial charge in [0.15, 0.2) is 0 Å². The first kappa shape index (κ1) is 26.6. The number of hydrogen-bond donors (Lipinski definition) is 1. The van der Waals surface area contributed by atoms with Gasteiger partial charge in [-0.05, 0) is 56.7 Å². The van der Waals surface area contributed by atoms with Crippen LogP contribution in [0.4, 0.5) is 4.39 Å². The van der Waals surface area contributed by atoms with Gasteiger partial charge in [0.05, 0.1) is 5.57 Å². The van der Waals surface area contributed by atoms with Crippen molar-refractivity contribution in [1.29, 1.82) is 5.26 Å². The summed E-state index contributed by atoms with van der Waals surface area (Å²) < 4.78 is 13.3. The van der Waals surface area contributed by atoms with Crippen LogP contribution in [0.3, 0.4) is 0 Å². The van der Waals surface area contributed by atoms with Crippen molar-refractivity contribution in [1.82, 2.24) is 10.2 Å². The van der Waals surface area contributed by atoms with Crippen molar-refractivity contribution in [2.24, 2.45) is 0 Å². The first-order valence-corrected chi connectivity index (χ1v) is 12.1. The third kappa shape index (κ3) is 7.44. The normalized spacial score (nSPS) is 19.1. The molecule has 33 heavy (non-hydrogen) atoms. The van der Waals surface area contributed by atoms with Crippen LogP contribution in [-0.4, -0.2) is 37.8 Å². The van der Waals surface area contributed by atoms with Gasteiger partial charge in [-0.25, -0.2) is 4.39 Å². The summed E-state index contributed by atoms with van der Waals surface area (Å²) in [5, 5.41) is 12.9. The number of rotatable bonds is 8. The zero-order chi connectivity index (χ0) is 24.4. The summed E-state index contributed by atoms with van der Waals surface area (Å²) >= 11 is 0. The molecular formula is C29H40FN3. The minimum Gasteiger partial charge on any atom is -0.390 e. The molecule has 1 N–H and O–H groups in total. The van der Waals surface area contributed by atoms with Crippen molar-refractivity contribution >= 4 is 0 Å². The fourth-order valence-corrected chi connectivity index (χ4v) is 4.25. The highest BCUT2D eigenvalue weighted by Gasteiger charge is 2.28. The van der Waals surface area contributed by atoms with Crippen LogP contribution in [0, 0.1) is 18.3 Å². The first-order valence-electron chi connectivity index (χ1n) is 12.1. The van der Waals surface area contributed by atoms with E-state index in [1.807, 2.05) is 20.0 Å². The molecule has 1 aromatic rings. The Balaban J connectivity index is 0.000000321. The molecule has 0 aromatic heterocycles. The molecule has 3 rings (SSSR count). The molecule has 0 radical (unpaired) electrons. The van der Waals surface area contributed by atoms with Gasteiger partial charge >= 0.3 is 0 Å². The van der Waals surface area contributed by atoms with Crippen LogP contribution in [0.1, 0.15) is 57.6 Å². The summed E-state index contributed by atoms with van der Waals surface area (Å²) in [5.74, 6) is 0. The second-order valence-electron chi connectivity index (χ2n) is 9.12. The van der Waals surface area contributed by atoms with Gasteiger partial charge in [0.25, 0.3) is 0 Å². The predicted molar refractivity (Wildman–Crippen MR) is 138 cm³/mol. The van der Waals surface area contributed by atoms with Crippen LogP contribution in [0.25, 0.3) is 0 Å². The number of hydrogen-bond acceptors (Lipinski definition) is 3. The monoisotopic (exact) mass is 449 g/mol. The molecule has 1 heterocycles. The molecule has 1 unspecified atom stereocenters. The van der Waals surface area contributed by atoms with Crippen molar-refractivity contribution < 1.29 is 4.39 Å². The highest BCUT2D eigenvalue weighted by molar-refractivity contribution is 5.49. The molecule has 3 nitrogen and oxygen atoms in total. The Morgan fingerprint density at radius 1 is 1.27 bits per heavy atom. The Bertz CT molecular complexity index is 944. The van der Waals surface area contributed by atoms with Crippen LogP contribution >= 0.6 is 0 Å². The molecule has 0 bridgehead atoms. The highest BCUT2D eigenvalue weighted by atomic mass is 19.1. The Morgan fingerprint density at radius 2 is 1.97 bits per heavy atom. The molecule has 0 spiro atoms. The van der Waals surface area contributed by atoms with Gasteiger partial charge in [-0.15, -0.1) is 6.58 Å². The largest absolute Gasteiger partial charge is 0.390 e. The Morgan fingerprint density at radius 3 is 2.48 bits per heavy atom. The average molecular weight is 450 g/mol. The van der Waals surface area contributed by atoms with E-state index in [4.69, 9.17) is 0 Å². The Labute approximate surface area is 200 Å². The molecule has 1 aliphatic carbocycles. The van der Waals surface area contributed by atoms with E-state index in [0.29, 0.717) is 6.42 Å². The SMILES string of the molecule is C=CCc1ccc(C)cc1.CCC/C(NC)=C(/C#N)C1=C(C)CCN(CC2=C(C)C(F)C2)C1. The number of nitriles is 1. The van der Waals surface area contributed by atoms with Gasteiger partial charge in [-0.1, -0.05) is 60.4 Å². The fourth-order valence-electron chi connectivity index (χ4n) is 4.25. The molecule has 1 atom stereocenters. The molecule has 0 saturated heterocycles. The van der Waals surface area contributed by atoms with E-state index in [1.54, 1.807) is 0 Å². The van der Waals surface area contributed by atoms with Crippen LogP contribution in [0.2, 0.25) is 0 Å². The van der Waals surface area contributed by atoms with Crippen molar-refractivity contribution in [2.45, 2.75) is 66.0 Å². The molecule has 2 aliphatic rings. The Hall–Kier alpha value is -2.64.